The number of thioether (sulfide) groups is 1. The smallest absolute Gasteiger partial charge is 0.265 e. The second-order valence-corrected chi connectivity index (χ2v) is 10.7. The van der Waals surface area contributed by atoms with E-state index in [-0.39, 0.29) is 24.2 Å². The molecule has 2 heterocycles. The van der Waals surface area contributed by atoms with Crippen molar-refractivity contribution in [2.45, 2.75) is 17.9 Å². The first-order valence-corrected chi connectivity index (χ1v) is 13.8. The van der Waals surface area contributed by atoms with Crippen LogP contribution < -0.4 is 10.2 Å². The Bertz CT molecular complexity index is 1730. The van der Waals surface area contributed by atoms with Gasteiger partial charge in [0.2, 0.25) is 0 Å². The summed E-state index contributed by atoms with van der Waals surface area (Å²) in [5.41, 5.74) is 5.07. The summed E-state index contributed by atoms with van der Waals surface area (Å²) in [6, 6.07) is 29.3. The molecule has 0 aliphatic carbocycles. The van der Waals surface area contributed by atoms with Gasteiger partial charge in [-0.3, -0.25) is 9.59 Å². The van der Waals surface area contributed by atoms with E-state index in [1.807, 2.05) is 66.9 Å². The zero-order valence-electron chi connectivity index (χ0n) is 21.6. The van der Waals surface area contributed by atoms with Crippen molar-refractivity contribution in [3.8, 4) is 0 Å². The minimum absolute atomic E-state index is 0.164. The van der Waals surface area contributed by atoms with E-state index >= 15 is 0 Å². The molecule has 40 heavy (non-hydrogen) atoms. The van der Waals surface area contributed by atoms with Crippen LogP contribution in [0.25, 0.3) is 17.0 Å². The molecule has 0 saturated heterocycles. The molecule has 4 aromatic carbocycles. The fraction of sp³-hybridized carbons (Fsp3) is 0.0909. The number of amides is 2. The minimum atomic E-state index is -0.332. The first-order chi connectivity index (χ1) is 19.5. The highest BCUT2D eigenvalue weighted by Crippen LogP contribution is 2.43. The van der Waals surface area contributed by atoms with Crippen molar-refractivity contribution in [2.24, 2.45) is 0 Å². The van der Waals surface area contributed by atoms with Gasteiger partial charge in [-0.2, -0.15) is 0 Å². The molecule has 7 heteroatoms. The summed E-state index contributed by atoms with van der Waals surface area (Å²) in [6.45, 7) is 0.735. The molecule has 0 radical (unpaired) electrons. The Morgan fingerprint density at radius 1 is 0.950 bits per heavy atom. The molecule has 0 bridgehead atoms. The number of halogens is 1. The van der Waals surface area contributed by atoms with Gasteiger partial charge in [0.25, 0.3) is 11.8 Å². The van der Waals surface area contributed by atoms with Gasteiger partial charge in [-0.05, 0) is 65.6 Å². The zero-order valence-corrected chi connectivity index (χ0v) is 22.4. The van der Waals surface area contributed by atoms with E-state index in [1.54, 1.807) is 29.2 Å². The van der Waals surface area contributed by atoms with Crippen LogP contribution in [0.3, 0.4) is 0 Å². The Morgan fingerprint density at radius 2 is 1.73 bits per heavy atom. The first kappa shape index (κ1) is 25.6. The van der Waals surface area contributed by atoms with Crippen LogP contribution in [0.2, 0.25) is 0 Å². The van der Waals surface area contributed by atoms with Crippen LogP contribution in [0.4, 0.5) is 10.1 Å². The maximum absolute atomic E-state index is 13.7. The number of H-pyrrole nitrogens is 1. The number of para-hydroxylation sites is 1. The lowest BCUT2D eigenvalue weighted by Gasteiger charge is -2.31. The van der Waals surface area contributed by atoms with E-state index in [4.69, 9.17) is 0 Å². The van der Waals surface area contributed by atoms with E-state index < -0.39 is 0 Å². The van der Waals surface area contributed by atoms with E-state index in [0.717, 1.165) is 32.5 Å². The molecule has 0 fully saturated rings. The van der Waals surface area contributed by atoms with Gasteiger partial charge in [-0.15, -0.1) is 0 Å². The molecule has 1 aliphatic heterocycles. The highest BCUT2D eigenvalue weighted by atomic mass is 32.2. The Morgan fingerprint density at radius 3 is 2.55 bits per heavy atom. The number of rotatable bonds is 7. The first-order valence-electron chi connectivity index (χ1n) is 13.0. The molecule has 198 valence electrons. The SMILES string of the molecule is O=C(NCCc1c[nH]c2ccccc12)c1ccc2c(c1)N(Cc1ccc(F)cc1)C(=O)C(=Cc1ccccc1)S2. The third kappa shape index (κ3) is 5.42. The average Bonchev–Trinajstić information content (AvgIpc) is 3.39. The van der Waals surface area contributed by atoms with E-state index in [2.05, 4.69) is 16.4 Å². The van der Waals surface area contributed by atoms with Crippen molar-refractivity contribution < 1.29 is 14.0 Å². The van der Waals surface area contributed by atoms with Crippen molar-refractivity contribution in [3.63, 3.8) is 0 Å². The predicted molar refractivity (Wildman–Crippen MR) is 159 cm³/mol. The third-order valence-corrected chi connectivity index (χ3v) is 7.97. The maximum Gasteiger partial charge on any atom is 0.265 e. The second-order valence-electron chi connectivity index (χ2n) is 9.59. The Kier molecular flexibility index (Phi) is 7.21. The molecular formula is C33H26FN3O2S. The molecule has 0 unspecified atom stereocenters. The number of aromatic amines is 1. The quantitative estimate of drug-likeness (QED) is 0.217. The van der Waals surface area contributed by atoms with Crippen LogP contribution in [0, 0.1) is 5.82 Å². The van der Waals surface area contributed by atoms with Gasteiger partial charge in [0.15, 0.2) is 0 Å². The van der Waals surface area contributed by atoms with Gasteiger partial charge in [0.1, 0.15) is 5.82 Å². The molecule has 1 aromatic heterocycles. The van der Waals surface area contributed by atoms with Gasteiger partial charge >= 0.3 is 0 Å². The highest BCUT2D eigenvalue weighted by molar-refractivity contribution is 8.04. The standard InChI is InChI=1S/C33H26FN3O2S/c34-26-13-10-23(11-14-26)21-37-29-19-24(32(38)35-17-16-25-20-36-28-9-5-4-8-27(25)28)12-15-30(29)40-31(33(37)39)18-22-6-2-1-3-7-22/h1-15,18-20,36H,16-17,21H2,(H,35,38). The van der Waals surface area contributed by atoms with Gasteiger partial charge in [0, 0.05) is 34.1 Å². The summed E-state index contributed by atoms with van der Waals surface area (Å²) in [4.78, 5) is 33.2. The number of nitrogens with zero attached hydrogens (tertiary/aromatic N) is 1. The lowest BCUT2D eigenvalue weighted by Crippen LogP contribution is -2.34. The zero-order chi connectivity index (χ0) is 27.5. The van der Waals surface area contributed by atoms with Crippen molar-refractivity contribution in [3.05, 3.63) is 136 Å². The predicted octanol–water partition coefficient (Wildman–Crippen LogP) is 6.96. The van der Waals surface area contributed by atoms with Crippen LogP contribution in [0.15, 0.2) is 113 Å². The molecule has 5 aromatic rings. The number of carbonyl (C=O) groups excluding carboxylic acids is 2. The minimum Gasteiger partial charge on any atom is -0.361 e. The summed E-state index contributed by atoms with van der Waals surface area (Å²) in [5.74, 6) is -0.698. The monoisotopic (exact) mass is 547 g/mol. The summed E-state index contributed by atoms with van der Waals surface area (Å²) in [7, 11) is 0. The summed E-state index contributed by atoms with van der Waals surface area (Å²) in [6.07, 6.45) is 4.55. The van der Waals surface area contributed by atoms with Crippen molar-refractivity contribution >= 4 is 46.2 Å². The number of aromatic nitrogens is 1. The molecule has 0 saturated carbocycles. The van der Waals surface area contributed by atoms with E-state index in [0.29, 0.717) is 29.1 Å². The molecule has 5 nitrogen and oxygen atoms in total. The molecule has 0 atom stereocenters. The lowest BCUT2D eigenvalue weighted by atomic mass is 10.1. The summed E-state index contributed by atoms with van der Waals surface area (Å²) in [5, 5.41) is 4.17. The number of fused-ring (bicyclic) bond motifs is 2. The van der Waals surface area contributed by atoms with Crippen molar-refractivity contribution in [1.82, 2.24) is 10.3 Å². The highest BCUT2D eigenvalue weighted by Gasteiger charge is 2.30. The number of anilines is 1. The van der Waals surface area contributed by atoms with Crippen LogP contribution in [0.1, 0.15) is 27.0 Å². The van der Waals surface area contributed by atoms with Crippen LogP contribution >= 0.6 is 11.8 Å². The van der Waals surface area contributed by atoms with Gasteiger partial charge in [0.05, 0.1) is 17.1 Å². The van der Waals surface area contributed by atoms with E-state index in [1.165, 1.54) is 23.9 Å². The summed E-state index contributed by atoms with van der Waals surface area (Å²) < 4.78 is 13.6. The lowest BCUT2D eigenvalue weighted by molar-refractivity contribution is -0.114. The van der Waals surface area contributed by atoms with Gasteiger partial charge in [-0.1, -0.05) is 72.4 Å². The topological polar surface area (TPSA) is 65.2 Å². The number of hydrogen-bond acceptors (Lipinski definition) is 3. The normalized spacial score (nSPS) is 14.0. The number of hydrogen-bond donors (Lipinski definition) is 2. The number of benzene rings is 4. The van der Waals surface area contributed by atoms with Crippen LogP contribution in [0.5, 0.6) is 0 Å². The maximum atomic E-state index is 13.7. The molecule has 1 aliphatic rings. The Hall–Kier alpha value is -4.62. The van der Waals surface area contributed by atoms with E-state index in [9.17, 15) is 14.0 Å². The Balaban J connectivity index is 1.25. The average molecular weight is 548 g/mol. The second kappa shape index (κ2) is 11.2. The molecule has 2 amide bonds. The van der Waals surface area contributed by atoms with Crippen LogP contribution in [-0.4, -0.2) is 23.3 Å². The van der Waals surface area contributed by atoms with Gasteiger partial charge in [-0.25, -0.2) is 4.39 Å². The van der Waals surface area contributed by atoms with Crippen LogP contribution in [-0.2, 0) is 17.8 Å². The molecule has 2 N–H and O–H groups in total. The third-order valence-electron chi connectivity index (χ3n) is 6.89. The fourth-order valence-corrected chi connectivity index (χ4v) is 5.87. The fourth-order valence-electron chi connectivity index (χ4n) is 4.83. The number of nitrogens with one attached hydrogen (secondary N) is 2. The molecular weight excluding hydrogens is 521 g/mol. The van der Waals surface area contributed by atoms with Crippen molar-refractivity contribution in [2.75, 3.05) is 11.4 Å². The largest absolute Gasteiger partial charge is 0.361 e. The van der Waals surface area contributed by atoms with Gasteiger partial charge < -0.3 is 15.2 Å². The van der Waals surface area contributed by atoms with Crippen molar-refractivity contribution in [1.29, 1.82) is 0 Å². The molecule has 0 spiro atoms. The number of carbonyl (C=O) groups is 2. The Labute approximate surface area is 235 Å². The molecule has 6 rings (SSSR count). The summed E-state index contributed by atoms with van der Waals surface area (Å²) >= 11 is 1.39.